The van der Waals surface area contributed by atoms with Gasteiger partial charge in [0.1, 0.15) is 5.75 Å². The normalized spacial score (nSPS) is 24.3. The van der Waals surface area contributed by atoms with Crippen LogP contribution in [0.15, 0.2) is 24.3 Å². The number of hydrogen-bond donors (Lipinski definition) is 1. The average molecular weight is 373 g/mol. The maximum atomic E-state index is 12.8. The van der Waals surface area contributed by atoms with Crippen LogP contribution in [0.2, 0.25) is 0 Å². The number of amides is 2. The largest absolute Gasteiger partial charge is 0.488 e. The molecule has 3 aliphatic rings. The molecule has 1 atom stereocenters. The zero-order valence-corrected chi connectivity index (χ0v) is 16.1. The Labute approximate surface area is 161 Å². The fourth-order valence-electron chi connectivity index (χ4n) is 4.37. The minimum atomic E-state index is -0.0121. The van der Waals surface area contributed by atoms with Crippen molar-refractivity contribution in [3.63, 3.8) is 0 Å². The molecule has 1 aromatic carbocycles. The van der Waals surface area contributed by atoms with Crippen LogP contribution in [0, 0.1) is 5.92 Å². The molecule has 2 saturated heterocycles. The maximum Gasteiger partial charge on any atom is 0.321 e. The molecule has 1 unspecified atom stereocenters. The first-order valence-corrected chi connectivity index (χ1v) is 10.4. The van der Waals surface area contributed by atoms with Crippen LogP contribution in [-0.2, 0) is 4.74 Å². The van der Waals surface area contributed by atoms with Gasteiger partial charge >= 0.3 is 6.03 Å². The van der Waals surface area contributed by atoms with Gasteiger partial charge in [-0.3, -0.25) is 4.90 Å². The Morgan fingerprint density at radius 1 is 1.11 bits per heavy atom. The summed E-state index contributed by atoms with van der Waals surface area (Å²) in [6.45, 7) is 6.39. The summed E-state index contributed by atoms with van der Waals surface area (Å²) in [4.78, 5) is 17.2. The summed E-state index contributed by atoms with van der Waals surface area (Å²) >= 11 is 0. The van der Waals surface area contributed by atoms with Crippen molar-refractivity contribution in [2.24, 2.45) is 5.92 Å². The number of morpholine rings is 1. The van der Waals surface area contributed by atoms with Crippen LogP contribution < -0.4 is 10.1 Å². The van der Waals surface area contributed by atoms with E-state index in [4.69, 9.17) is 9.47 Å². The number of anilines is 1. The van der Waals surface area contributed by atoms with Crippen molar-refractivity contribution < 1.29 is 14.3 Å². The van der Waals surface area contributed by atoms with Crippen LogP contribution in [0.25, 0.3) is 0 Å². The molecule has 2 aliphatic heterocycles. The maximum absolute atomic E-state index is 12.8. The molecule has 4 rings (SSSR count). The van der Waals surface area contributed by atoms with Gasteiger partial charge in [-0.15, -0.1) is 0 Å². The predicted molar refractivity (Wildman–Crippen MR) is 105 cm³/mol. The van der Waals surface area contributed by atoms with E-state index in [0.29, 0.717) is 5.92 Å². The van der Waals surface area contributed by atoms with E-state index in [-0.39, 0.29) is 12.1 Å². The van der Waals surface area contributed by atoms with Crippen LogP contribution in [-0.4, -0.2) is 67.9 Å². The Balaban J connectivity index is 1.30. The molecule has 6 heteroatoms. The van der Waals surface area contributed by atoms with Gasteiger partial charge in [-0.25, -0.2) is 4.79 Å². The van der Waals surface area contributed by atoms with E-state index >= 15 is 0 Å². The number of hydrogen-bond acceptors (Lipinski definition) is 4. The summed E-state index contributed by atoms with van der Waals surface area (Å²) in [5, 5.41) is 3.08. The smallest absolute Gasteiger partial charge is 0.321 e. The minimum Gasteiger partial charge on any atom is -0.488 e. The zero-order chi connectivity index (χ0) is 18.5. The Kier molecular flexibility index (Phi) is 6.14. The Morgan fingerprint density at radius 3 is 2.70 bits per heavy atom. The Hall–Kier alpha value is -1.79. The third kappa shape index (κ3) is 4.93. The molecular weight excluding hydrogens is 342 g/mol. The van der Waals surface area contributed by atoms with Gasteiger partial charge in [0.05, 0.1) is 25.0 Å². The van der Waals surface area contributed by atoms with Crippen molar-refractivity contribution in [2.75, 3.05) is 51.3 Å². The number of nitrogens with zero attached hydrogens (tertiary/aromatic N) is 2. The summed E-state index contributed by atoms with van der Waals surface area (Å²) < 4.78 is 11.6. The molecule has 0 spiro atoms. The molecule has 0 aromatic heterocycles. The van der Waals surface area contributed by atoms with Gasteiger partial charge in [0, 0.05) is 32.7 Å². The van der Waals surface area contributed by atoms with Crippen LogP contribution >= 0.6 is 0 Å². The molecule has 3 fully saturated rings. The number of rotatable bonds is 5. The van der Waals surface area contributed by atoms with Crippen LogP contribution in [0.5, 0.6) is 5.75 Å². The highest BCUT2D eigenvalue weighted by Crippen LogP contribution is 2.30. The number of para-hydroxylation sites is 2. The molecule has 27 heavy (non-hydrogen) atoms. The summed E-state index contributed by atoms with van der Waals surface area (Å²) in [5.74, 6) is 1.35. The summed E-state index contributed by atoms with van der Waals surface area (Å²) in [6, 6.07) is 7.79. The summed E-state index contributed by atoms with van der Waals surface area (Å²) in [6.07, 6.45) is 6.04. The number of carbonyl (C=O) groups excluding carboxylic acids is 1. The lowest BCUT2D eigenvalue weighted by Crippen LogP contribution is -2.40. The van der Waals surface area contributed by atoms with Gasteiger partial charge in [-0.1, -0.05) is 12.1 Å². The molecule has 1 aliphatic carbocycles. The van der Waals surface area contributed by atoms with E-state index in [9.17, 15) is 4.79 Å². The van der Waals surface area contributed by atoms with Gasteiger partial charge in [0.2, 0.25) is 0 Å². The monoisotopic (exact) mass is 373 g/mol. The van der Waals surface area contributed by atoms with Crippen molar-refractivity contribution in [3.8, 4) is 5.75 Å². The third-order valence-corrected chi connectivity index (χ3v) is 5.92. The number of carbonyl (C=O) groups is 1. The van der Waals surface area contributed by atoms with E-state index < -0.39 is 0 Å². The molecule has 1 saturated carbocycles. The van der Waals surface area contributed by atoms with Gasteiger partial charge < -0.3 is 19.7 Å². The van der Waals surface area contributed by atoms with Crippen molar-refractivity contribution >= 4 is 11.7 Å². The molecule has 2 amide bonds. The SMILES string of the molecule is O=C(Nc1ccccc1OC1CCCC1)N1CCC(CN2CCOCC2)C1. The average Bonchev–Trinajstić information content (AvgIpc) is 3.36. The van der Waals surface area contributed by atoms with Gasteiger partial charge in [0.25, 0.3) is 0 Å². The molecule has 0 bridgehead atoms. The van der Waals surface area contributed by atoms with E-state index in [0.717, 1.165) is 76.6 Å². The van der Waals surface area contributed by atoms with Crippen molar-refractivity contribution in [1.29, 1.82) is 0 Å². The Bertz CT molecular complexity index is 627. The number of likely N-dealkylation sites (tertiary alicyclic amines) is 1. The van der Waals surface area contributed by atoms with Crippen molar-refractivity contribution in [3.05, 3.63) is 24.3 Å². The Morgan fingerprint density at radius 2 is 1.89 bits per heavy atom. The van der Waals surface area contributed by atoms with Gasteiger partial charge in [-0.2, -0.15) is 0 Å². The topological polar surface area (TPSA) is 54.0 Å². The second-order valence-corrected chi connectivity index (χ2v) is 7.96. The van der Waals surface area contributed by atoms with Crippen LogP contribution in [0.3, 0.4) is 0 Å². The summed E-state index contributed by atoms with van der Waals surface area (Å²) in [7, 11) is 0. The second kappa shape index (κ2) is 8.93. The van der Waals surface area contributed by atoms with Gasteiger partial charge in [-0.05, 0) is 50.2 Å². The molecule has 148 valence electrons. The molecule has 0 radical (unpaired) electrons. The highest BCUT2D eigenvalue weighted by atomic mass is 16.5. The lowest BCUT2D eigenvalue weighted by atomic mass is 10.1. The lowest BCUT2D eigenvalue weighted by molar-refractivity contribution is 0.0314. The van der Waals surface area contributed by atoms with E-state index in [1.54, 1.807) is 0 Å². The van der Waals surface area contributed by atoms with E-state index in [1.807, 2.05) is 29.2 Å². The summed E-state index contributed by atoms with van der Waals surface area (Å²) in [5.41, 5.74) is 0.783. The fraction of sp³-hybridized carbons (Fsp3) is 0.667. The highest BCUT2D eigenvalue weighted by Gasteiger charge is 2.28. The first-order valence-electron chi connectivity index (χ1n) is 10.4. The third-order valence-electron chi connectivity index (χ3n) is 5.92. The number of benzene rings is 1. The number of nitrogens with one attached hydrogen (secondary N) is 1. The molecule has 2 heterocycles. The molecule has 6 nitrogen and oxygen atoms in total. The van der Waals surface area contributed by atoms with Gasteiger partial charge in [0.15, 0.2) is 0 Å². The predicted octanol–water partition coefficient (Wildman–Crippen LogP) is 3.19. The first-order chi connectivity index (χ1) is 13.3. The number of urea groups is 1. The minimum absolute atomic E-state index is 0.0121. The lowest BCUT2D eigenvalue weighted by Gasteiger charge is -2.29. The van der Waals surface area contributed by atoms with E-state index in [1.165, 1.54) is 12.8 Å². The quantitative estimate of drug-likeness (QED) is 0.861. The fourth-order valence-corrected chi connectivity index (χ4v) is 4.37. The molecular formula is C21H31N3O3. The highest BCUT2D eigenvalue weighted by molar-refractivity contribution is 5.91. The zero-order valence-electron chi connectivity index (χ0n) is 16.1. The molecule has 1 aromatic rings. The first kappa shape index (κ1) is 18.6. The van der Waals surface area contributed by atoms with Crippen molar-refractivity contribution in [2.45, 2.75) is 38.2 Å². The second-order valence-electron chi connectivity index (χ2n) is 7.96. The van der Waals surface area contributed by atoms with Crippen LogP contribution in [0.4, 0.5) is 10.5 Å². The molecule has 1 N–H and O–H groups in total. The van der Waals surface area contributed by atoms with E-state index in [2.05, 4.69) is 10.2 Å². The standard InChI is InChI=1S/C21H31N3O3/c25-21(24-10-9-17(16-24)15-23-11-13-26-14-12-23)22-19-7-3-4-8-20(19)27-18-5-1-2-6-18/h3-4,7-8,17-18H,1-2,5-6,9-16H2,(H,22,25). The number of ether oxygens (including phenoxy) is 2. The van der Waals surface area contributed by atoms with Crippen molar-refractivity contribution in [1.82, 2.24) is 9.80 Å². The van der Waals surface area contributed by atoms with Crippen LogP contribution in [0.1, 0.15) is 32.1 Å².